The first-order valence-corrected chi connectivity index (χ1v) is 13.1. The number of hydrogen-bond acceptors (Lipinski definition) is 7. The Hall–Kier alpha value is -4.69. The van der Waals surface area contributed by atoms with Gasteiger partial charge in [0.05, 0.1) is 13.0 Å². The van der Waals surface area contributed by atoms with Gasteiger partial charge in [-0.1, -0.05) is 26.0 Å². The third-order valence-electron chi connectivity index (χ3n) is 6.41. The normalized spacial score (nSPS) is 21.1. The monoisotopic (exact) mass is 574 g/mol. The average Bonchev–Trinajstić information content (AvgIpc) is 2.91. The zero-order valence-electron chi connectivity index (χ0n) is 23.3. The topological polar surface area (TPSA) is 238 Å². The zero-order valence-corrected chi connectivity index (χ0v) is 23.3. The molecule has 41 heavy (non-hydrogen) atoms. The maximum Gasteiger partial charge on any atom is 0.305 e. The van der Waals surface area contributed by atoms with Crippen LogP contribution in [0.5, 0.6) is 0 Å². The summed E-state index contributed by atoms with van der Waals surface area (Å²) in [6.07, 6.45) is -0.277. The van der Waals surface area contributed by atoms with E-state index in [1.165, 1.54) is 19.2 Å². The number of carboxylic acids is 1. The number of likely N-dealkylation sites (N-methyl/N-ethyl adjacent to an activating group) is 1. The van der Waals surface area contributed by atoms with Crippen molar-refractivity contribution in [3.8, 4) is 0 Å². The van der Waals surface area contributed by atoms with Gasteiger partial charge in [-0.05, 0) is 36.5 Å². The van der Waals surface area contributed by atoms with Gasteiger partial charge in [0.1, 0.15) is 18.1 Å². The van der Waals surface area contributed by atoms with Crippen LogP contribution >= 0.6 is 0 Å². The Labute approximate surface area is 237 Å². The van der Waals surface area contributed by atoms with Crippen LogP contribution in [0.2, 0.25) is 0 Å². The van der Waals surface area contributed by atoms with Gasteiger partial charge in [-0.2, -0.15) is 0 Å². The van der Waals surface area contributed by atoms with Gasteiger partial charge in [0.15, 0.2) is 5.96 Å². The van der Waals surface area contributed by atoms with E-state index in [4.69, 9.17) is 11.5 Å². The quantitative estimate of drug-likeness (QED) is 0.108. The van der Waals surface area contributed by atoms with E-state index in [2.05, 4.69) is 26.3 Å². The number of guanidine groups is 1. The maximum atomic E-state index is 13.4. The smallest absolute Gasteiger partial charge is 0.305 e. The van der Waals surface area contributed by atoms with Gasteiger partial charge < -0.3 is 42.7 Å². The Morgan fingerprint density at radius 3 is 2.37 bits per heavy atom. The zero-order chi connectivity index (χ0) is 30.7. The lowest BCUT2D eigenvalue weighted by atomic mass is 10.0. The fourth-order valence-electron chi connectivity index (χ4n) is 4.11. The van der Waals surface area contributed by atoms with Crippen LogP contribution in [-0.4, -0.2) is 89.7 Å². The molecule has 15 heteroatoms. The second kappa shape index (κ2) is 15.2. The molecule has 1 aromatic carbocycles. The summed E-state index contributed by atoms with van der Waals surface area (Å²) < 4.78 is 0. The highest BCUT2D eigenvalue weighted by molar-refractivity contribution is 5.99. The van der Waals surface area contributed by atoms with Crippen LogP contribution in [0.1, 0.15) is 49.0 Å². The van der Waals surface area contributed by atoms with Gasteiger partial charge in [0, 0.05) is 25.7 Å². The third kappa shape index (κ3) is 10.1. The Bertz CT molecular complexity index is 1180. The summed E-state index contributed by atoms with van der Waals surface area (Å²) in [6.45, 7) is 3.15. The number of fused-ring (bicyclic) bond motifs is 2. The average molecular weight is 575 g/mol. The molecule has 0 aliphatic carbocycles. The van der Waals surface area contributed by atoms with Crippen molar-refractivity contribution < 1.29 is 33.9 Å². The van der Waals surface area contributed by atoms with Crippen molar-refractivity contribution in [3.63, 3.8) is 0 Å². The number of nitrogens with one attached hydrogen (secondary N) is 4. The minimum atomic E-state index is -1.48. The highest BCUT2D eigenvalue weighted by atomic mass is 16.4. The summed E-state index contributed by atoms with van der Waals surface area (Å²) >= 11 is 0. The fraction of sp³-hybridized carbons (Fsp3) is 0.500. The second-order valence-electron chi connectivity index (χ2n) is 9.96. The third-order valence-corrected chi connectivity index (χ3v) is 6.41. The molecule has 1 aromatic rings. The summed E-state index contributed by atoms with van der Waals surface area (Å²) in [4.78, 5) is 81.6. The first-order valence-electron chi connectivity index (χ1n) is 13.1. The van der Waals surface area contributed by atoms with E-state index in [1.807, 2.05) is 0 Å². The highest BCUT2D eigenvalue weighted by Gasteiger charge is 2.32. The van der Waals surface area contributed by atoms with Gasteiger partial charge in [-0.3, -0.25) is 33.8 Å². The number of nitrogens with zero attached hydrogens (tertiary/aromatic N) is 2. The van der Waals surface area contributed by atoms with E-state index in [-0.39, 0.29) is 37.0 Å². The maximum absolute atomic E-state index is 13.4. The predicted molar refractivity (Wildman–Crippen MR) is 148 cm³/mol. The molecule has 0 radical (unpaired) electrons. The fourth-order valence-corrected chi connectivity index (χ4v) is 4.11. The van der Waals surface area contributed by atoms with Crippen molar-refractivity contribution in [1.29, 1.82) is 0 Å². The summed E-state index contributed by atoms with van der Waals surface area (Å²) in [5.74, 6) is -5.11. The van der Waals surface area contributed by atoms with Gasteiger partial charge in [0.2, 0.25) is 23.6 Å². The molecule has 0 saturated heterocycles. The molecule has 0 unspecified atom stereocenters. The number of aliphatic imine (C=N–C) groups is 1. The van der Waals surface area contributed by atoms with Crippen LogP contribution < -0.4 is 32.7 Å². The lowest BCUT2D eigenvalue weighted by molar-refractivity contribution is -0.141. The van der Waals surface area contributed by atoms with Crippen molar-refractivity contribution in [2.24, 2.45) is 22.4 Å². The van der Waals surface area contributed by atoms with Gasteiger partial charge >= 0.3 is 5.97 Å². The van der Waals surface area contributed by atoms with Crippen LogP contribution in [0.4, 0.5) is 0 Å². The molecular formula is C26H38N8O7. The second-order valence-corrected chi connectivity index (χ2v) is 9.96. The molecule has 3 atom stereocenters. The SMILES string of the molecule is CC(C)[C@H]1NC(=O)[C@@H](CCCN=C(N)N)N(C)C(=O)CNC(=O)[C@@H](CC(=O)O)NC(=O)c2cccc(c2)CNC1=O. The lowest BCUT2D eigenvalue weighted by Gasteiger charge is -2.30. The molecule has 1 aliphatic rings. The van der Waals surface area contributed by atoms with E-state index < -0.39 is 66.6 Å². The van der Waals surface area contributed by atoms with Gasteiger partial charge in [-0.15, -0.1) is 0 Å². The molecule has 224 valence electrons. The summed E-state index contributed by atoms with van der Waals surface area (Å²) in [6, 6.07) is 2.74. The Balaban J connectivity index is 2.43. The van der Waals surface area contributed by atoms with Crippen molar-refractivity contribution in [2.75, 3.05) is 20.1 Å². The van der Waals surface area contributed by atoms with E-state index in [1.54, 1.807) is 26.0 Å². The molecule has 0 spiro atoms. The molecule has 0 saturated carbocycles. The van der Waals surface area contributed by atoms with Gasteiger partial charge in [0.25, 0.3) is 5.91 Å². The Morgan fingerprint density at radius 1 is 1.05 bits per heavy atom. The minimum absolute atomic E-state index is 0.0262. The lowest BCUT2D eigenvalue weighted by Crippen LogP contribution is -2.57. The van der Waals surface area contributed by atoms with E-state index in [0.29, 0.717) is 12.0 Å². The van der Waals surface area contributed by atoms with Crippen LogP contribution in [0.15, 0.2) is 29.3 Å². The number of carbonyl (C=O) groups excluding carboxylic acids is 5. The van der Waals surface area contributed by atoms with Crippen LogP contribution in [-0.2, 0) is 30.5 Å². The molecule has 2 bridgehead atoms. The van der Waals surface area contributed by atoms with E-state index in [9.17, 15) is 33.9 Å². The van der Waals surface area contributed by atoms with E-state index >= 15 is 0 Å². The molecule has 2 rings (SSSR count). The summed E-state index contributed by atoms with van der Waals surface area (Å²) in [7, 11) is 1.37. The molecule has 1 aliphatic heterocycles. The van der Waals surface area contributed by atoms with Crippen molar-refractivity contribution in [3.05, 3.63) is 35.4 Å². The minimum Gasteiger partial charge on any atom is -0.481 e. The van der Waals surface area contributed by atoms with Crippen molar-refractivity contribution in [2.45, 2.75) is 57.8 Å². The first kappa shape index (κ1) is 32.5. The van der Waals surface area contributed by atoms with Crippen LogP contribution in [0.25, 0.3) is 0 Å². The largest absolute Gasteiger partial charge is 0.481 e. The molecule has 5 amide bonds. The van der Waals surface area contributed by atoms with Crippen molar-refractivity contribution >= 4 is 41.5 Å². The highest BCUT2D eigenvalue weighted by Crippen LogP contribution is 2.12. The molecule has 1 heterocycles. The molecule has 15 nitrogen and oxygen atoms in total. The summed E-state index contributed by atoms with van der Waals surface area (Å²) in [5.41, 5.74) is 11.4. The Morgan fingerprint density at radius 2 is 1.73 bits per heavy atom. The number of aliphatic carboxylic acids is 1. The molecular weight excluding hydrogens is 536 g/mol. The molecule has 9 N–H and O–H groups in total. The number of benzene rings is 1. The standard InChI is InChI=1S/C26H38N8O7/c1-14(2)21-25(41)30-12-15-6-4-7-16(10-15)22(38)32-17(11-20(36)37)23(39)31-13-19(35)34(3)18(24(40)33-21)8-5-9-29-26(27)28/h4,6-7,10,14,17-18,21H,5,8-9,11-13H2,1-3H3,(H,30,41)(H,31,39)(H,32,38)(H,33,40)(H,36,37)(H4,27,28,29)/t17-,18-,21-/m1/s1. The summed E-state index contributed by atoms with van der Waals surface area (Å²) in [5, 5.41) is 19.5. The van der Waals surface area contributed by atoms with E-state index in [0.717, 1.165) is 4.90 Å². The number of rotatable bonds is 7. The first-order chi connectivity index (χ1) is 19.3. The number of nitrogens with two attached hydrogens (primary N) is 2. The van der Waals surface area contributed by atoms with Gasteiger partial charge in [-0.25, -0.2) is 0 Å². The van der Waals surface area contributed by atoms with Crippen LogP contribution in [0, 0.1) is 5.92 Å². The predicted octanol–water partition coefficient (Wildman–Crippen LogP) is -1.97. The Kier molecular flexibility index (Phi) is 12.0. The number of amides is 5. The number of carbonyl (C=O) groups is 6. The molecule has 0 fully saturated rings. The molecule has 0 aromatic heterocycles. The van der Waals surface area contributed by atoms with Crippen LogP contribution in [0.3, 0.4) is 0 Å². The number of carboxylic acid groups (broad SMARTS) is 1. The van der Waals surface area contributed by atoms with Crippen molar-refractivity contribution in [1.82, 2.24) is 26.2 Å². The number of hydrogen-bond donors (Lipinski definition) is 7.